The minimum atomic E-state index is -0.110. The van der Waals surface area contributed by atoms with Crippen molar-refractivity contribution in [3.05, 3.63) is 35.4 Å². The molecule has 0 heterocycles. The predicted molar refractivity (Wildman–Crippen MR) is 75.8 cm³/mol. The summed E-state index contributed by atoms with van der Waals surface area (Å²) in [6.07, 6.45) is 0.341. The van der Waals surface area contributed by atoms with E-state index < -0.39 is 0 Å². The number of aryl methyl sites for hydroxylation is 1. The first-order valence-electron chi connectivity index (χ1n) is 6.66. The highest BCUT2D eigenvalue weighted by Crippen LogP contribution is 2.06. The van der Waals surface area contributed by atoms with Crippen molar-refractivity contribution >= 4 is 11.8 Å². The molecule has 0 aliphatic rings. The summed E-state index contributed by atoms with van der Waals surface area (Å²) in [5.74, 6) is -0.126. The van der Waals surface area contributed by atoms with Crippen LogP contribution in [0.4, 0.5) is 0 Å². The normalized spacial score (nSPS) is 10.1. The minimum Gasteiger partial charge on any atom is -0.355 e. The fourth-order valence-electron chi connectivity index (χ4n) is 1.80. The summed E-state index contributed by atoms with van der Waals surface area (Å²) in [6, 6.07) is 7.88. The summed E-state index contributed by atoms with van der Waals surface area (Å²) >= 11 is 0. The second-order valence-corrected chi connectivity index (χ2v) is 4.52. The zero-order chi connectivity index (χ0) is 14.3. The number of benzene rings is 1. The van der Waals surface area contributed by atoms with Gasteiger partial charge in [0.25, 0.3) is 0 Å². The van der Waals surface area contributed by atoms with Gasteiger partial charge in [0.05, 0.1) is 13.0 Å². The van der Waals surface area contributed by atoms with Crippen LogP contribution in [0.1, 0.15) is 25.0 Å². The molecule has 4 heteroatoms. The molecule has 1 N–H and O–H groups in total. The quantitative estimate of drug-likeness (QED) is 0.845. The van der Waals surface area contributed by atoms with Crippen molar-refractivity contribution < 1.29 is 9.59 Å². The van der Waals surface area contributed by atoms with E-state index in [2.05, 4.69) is 5.32 Å². The van der Waals surface area contributed by atoms with Crippen LogP contribution in [0, 0.1) is 6.92 Å². The van der Waals surface area contributed by atoms with Crippen molar-refractivity contribution in [3.8, 4) is 0 Å². The van der Waals surface area contributed by atoms with E-state index in [4.69, 9.17) is 0 Å². The molecule has 0 saturated heterocycles. The van der Waals surface area contributed by atoms with Gasteiger partial charge in [0.15, 0.2) is 0 Å². The smallest absolute Gasteiger partial charge is 0.239 e. The van der Waals surface area contributed by atoms with Crippen LogP contribution in [0.5, 0.6) is 0 Å². The van der Waals surface area contributed by atoms with Gasteiger partial charge in [-0.1, -0.05) is 29.8 Å². The Hall–Kier alpha value is -1.84. The zero-order valence-corrected chi connectivity index (χ0v) is 11.9. The van der Waals surface area contributed by atoms with E-state index in [-0.39, 0.29) is 18.4 Å². The molecule has 0 fully saturated rings. The summed E-state index contributed by atoms with van der Waals surface area (Å²) in [4.78, 5) is 25.2. The third-order valence-electron chi connectivity index (χ3n) is 2.92. The maximum absolute atomic E-state index is 12.1. The summed E-state index contributed by atoms with van der Waals surface area (Å²) in [7, 11) is 0. The Bertz CT molecular complexity index is 426. The topological polar surface area (TPSA) is 49.4 Å². The second kappa shape index (κ2) is 7.56. The number of nitrogens with one attached hydrogen (secondary N) is 1. The largest absolute Gasteiger partial charge is 0.355 e. The van der Waals surface area contributed by atoms with Crippen LogP contribution in [0.3, 0.4) is 0 Å². The van der Waals surface area contributed by atoms with Gasteiger partial charge in [-0.3, -0.25) is 9.59 Å². The fourth-order valence-corrected chi connectivity index (χ4v) is 1.80. The number of rotatable bonds is 6. The maximum atomic E-state index is 12.1. The standard InChI is InChI=1S/C15H22N2O2/c1-4-16-14(18)11-17(5-2)15(19)10-13-8-6-12(3)7-9-13/h6-9H,4-5,10-11H2,1-3H3,(H,16,18). The van der Waals surface area contributed by atoms with Crippen LogP contribution in [0.15, 0.2) is 24.3 Å². The molecule has 0 aromatic heterocycles. The van der Waals surface area contributed by atoms with Crippen LogP contribution in [0.25, 0.3) is 0 Å². The number of carbonyl (C=O) groups is 2. The van der Waals surface area contributed by atoms with Gasteiger partial charge in [-0.05, 0) is 26.3 Å². The molecule has 0 aliphatic heterocycles. The fraction of sp³-hybridized carbons (Fsp3) is 0.467. The number of nitrogens with zero attached hydrogens (tertiary/aromatic N) is 1. The Morgan fingerprint density at radius 3 is 2.32 bits per heavy atom. The lowest BCUT2D eigenvalue weighted by atomic mass is 10.1. The SMILES string of the molecule is CCNC(=O)CN(CC)C(=O)Cc1ccc(C)cc1. The lowest BCUT2D eigenvalue weighted by Gasteiger charge is -2.20. The molecular formula is C15H22N2O2. The first-order valence-corrected chi connectivity index (χ1v) is 6.66. The predicted octanol–water partition coefficient (Wildman–Crippen LogP) is 1.52. The number of likely N-dealkylation sites (N-methyl/N-ethyl adjacent to an activating group) is 2. The zero-order valence-electron chi connectivity index (χ0n) is 11.9. The average Bonchev–Trinajstić information content (AvgIpc) is 2.39. The van der Waals surface area contributed by atoms with Gasteiger partial charge in [0, 0.05) is 13.1 Å². The molecule has 1 aromatic rings. The van der Waals surface area contributed by atoms with E-state index in [1.807, 2.05) is 45.0 Å². The van der Waals surface area contributed by atoms with E-state index in [0.29, 0.717) is 19.5 Å². The third-order valence-corrected chi connectivity index (χ3v) is 2.92. The monoisotopic (exact) mass is 262 g/mol. The Balaban J connectivity index is 2.58. The van der Waals surface area contributed by atoms with E-state index >= 15 is 0 Å². The molecule has 19 heavy (non-hydrogen) atoms. The van der Waals surface area contributed by atoms with Crippen molar-refractivity contribution in [2.45, 2.75) is 27.2 Å². The van der Waals surface area contributed by atoms with Crippen molar-refractivity contribution in [1.82, 2.24) is 10.2 Å². The molecule has 1 aromatic carbocycles. The summed E-state index contributed by atoms with van der Waals surface area (Å²) < 4.78 is 0. The van der Waals surface area contributed by atoms with Gasteiger partial charge in [-0.2, -0.15) is 0 Å². The van der Waals surface area contributed by atoms with Gasteiger partial charge in [0.1, 0.15) is 0 Å². The van der Waals surface area contributed by atoms with Crippen molar-refractivity contribution in [2.75, 3.05) is 19.6 Å². The maximum Gasteiger partial charge on any atom is 0.239 e. The highest BCUT2D eigenvalue weighted by Gasteiger charge is 2.15. The summed E-state index contributed by atoms with van der Waals surface area (Å²) in [6.45, 7) is 7.02. The van der Waals surface area contributed by atoms with E-state index in [9.17, 15) is 9.59 Å². The molecule has 1 rings (SSSR count). The Morgan fingerprint density at radius 2 is 1.79 bits per heavy atom. The first kappa shape index (κ1) is 15.2. The molecule has 4 nitrogen and oxygen atoms in total. The Labute approximate surface area is 114 Å². The van der Waals surface area contributed by atoms with Gasteiger partial charge < -0.3 is 10.2 Å². The second-order valence-electron chi connectivity index (χ2n) is 4.52. The first-order chi connectivity index (χ1) is 9.06. The molecular weight excluding hydrogens is 240 g/mol. The molecule has 0 aliphatic carbocycles. The van der Waals surface area contributed by atoms with Crippen LogP contribution < -0.4 is 5.32 Å². The molecule has 104 valence electrons. The number of carbonyl (C=O) groups excluding carboxylic acids is 2. The average molecular weight is 262 g/mol. The molecule has 2 amide bonds. The lowest BCUT2D eigenvalue weighted by Crippen LogP contribution is -2.41. The minimum absolute atomic E-state index is 0.0161. The van der Waals surface area contributed by atoms with Crippen LogP contribution in [-0.4, -0.2) is 36.3 Å². The van der Waals surface area contributed by atoms with Crippen LogP contribution in [0.2, 0.25) is 0 Å². The van der Waals surface area contributed by atoms with Crippen LogP contribution >= 0.6 is 0 Å². The highest BCUT2D eigenvalue weighted by molar-refractivity contribution is 5.85. The van der Waals surface area contributed by atoms with Crippen molar-refractivity contribution in [3.63, 3.8) is 0 Å². The van der Waals surface area contributed by atoms with Crippen molar-refractivity contribution in [1.29, 1.82) is 0 Å². The van der Waals surface area contributed by atoms with Gasteiger partial charge in [-0.25, -0.2) is 0 Å². The van der Waals surface area contributed by atoms with Gasteiger partial charge in [-0.15, -0.1) is 0 Å². The van der Waals surface area contributed by atoms with Crippen molar-refractivity contribution in [2.24, 2.45) is 0 Å². The van der Waals surface area contributed by atoms with Crippen LogP contribution in [-0.2, 0) is 16.0 Å². The molecule has 0 radical (unpaired) electrons. The molecule has 0 spiro atoms. The van der Waals surface area contributed by atoms with Gasteiger partial charge in [0.2, 0.25) is 11.8 Å². The van der Waals surface area contributed by atoms with E-state index in [1.54, 1.807) is 4.90 Å². The van der Waals surface area contributed by atoms with E-state index in [1.165, 1.54) is 5.56 Å². The number of amides is 2. The molecule has 0 unspecified atom stereocenters. The third kappa shape index (κ3) is 5.12. The van der Waals surface area contributed by atoms with Gasteiger partial charge >= 0.3 is 0 Å². The Morgan fingerprint density at radius 1 is 1.16 bits per heavy atom. The van der Waals surface area contributed by atoms with E-state index in [0.717, 1.165) is 5.56 Å². The summed E-state index contributed by atoms with van der Waals surface area (Å²) in [5.41, 5.74) is 2.15. The highest BCUT2D eigenvalue weighted by atomic mass is 16.2. The summed E-state index contributed by atoms with van der Waals surface area (Å²) in [5, 5.41) is 2.70. The lowest BCUT2D eigenvalue weighted by molar-refractivity contribution is -0.135. The molecule has 0 atom stereocenters. The molecule has 0 bridgehead atoms. The number of hydrogen-bond donors (Lipinski definition) is 1. The number of hydrogen-bond acceptors (Lipinski definition) is 2. The molecule has 0 saturated carbocycles. The Kier molecular flexibility index (Phi) is 6.06.